The van der Waals surface area contributed by atoms with E-state index in [1.54, 1.807) is 12.1 Å². The molecule has 0 saturated heterocycles. The number of rotatable bonds is 4. The summed E-state index contributed by atoms with van der Waals surface area (Å²) in [6, 6.07) is 11.0. The van der Waals surface area contributed by atoms with E-state index in [-0.39, 0.29) is 5.78 Å². The Labute approximate surface area is 135 Å². The molecular formula is C15H10Cl2N2OS. The fourth-order valence-electron chi connectivity index (χ4n) is 2.10. The van der Waals surface area contributed by atoms with Gasteiger partial charge in [0, 0.05) is 12.8 Å². The quantitative estimate of drug-likeness (QED) is 0.711. The molecule has 1 heterocycles. The van der Waals surface area contributed by atoms with Gasteiger partial charge in [-0.15, -0.1) is 5.10 Å². The van der Waals surface area contributed by atoms with Gasteiger partial charge in [0.2, 0.25) is 0 Å². The van der Waals surface area contributed by atoms with Crippen molar-refractivity contribution in [3.63, 3.8) is 0 Å². The lowest BCUT2D eigenvalue weighted by atomic mass is 10.0. The van der Waals surface area contributed by atoms with Crippen molar-refractivity contribution < 1.29 is 4.79 Å². The van der Waals surface area contributed by atoms with Crippen molar-refractivity contribution in [2.75, 3.05) is 0 Å². The van der Waals surface area contributed by atoms with Crippen molar-refractivity contribution in [1.29, 1.82) is 0 Å². The van der Waals surface area contributed by atoms with Crippen LogP contribution in [0, 0.1) is 0 Å². The molecule has 21 heavy (non-hydrogen) atoms. The van der Waals surface area contributed by atoms with Crippen molar-refractivity contribution in [2.45, 2.75) is 12.8 Å². The number of ketones is 1. The number of halogens is 2. The van der Waals surface area contributed by atoms with Crippen LogP contribution < -0.4 is 0 Å². The second-order valence-corrected chi connectivity index (χ2v) is 6.32. The normalized spacial score (nSPS) is 11.0. The predicted molar refractivity (Wildman–Crippen MR) is 86.3 cm³/mol. The zero-order valence-electron chi connectivity index (χ0n) is 10.8. The van der Waals surface area contributed by atoms with Crippen LogP contribution in [-0.2, 0) is 17.6 Å². The van der Waals surface area contributed by atoms with Gasteiger partial charge in [0.25, 0.3) is 0 Å². The molecule has 0 unspecified atom stereocenters. The number of hydrogen-bond donors (Lipinski definition) is 0. The Bertz CT molecular complexity index is 816. The van der Waals surface area contributed by atoms with Crippen LogP contribution in [-0.4, -0.2) is 15.4 Å². The Morgan fingerprint density at radius 2 is 1.71 bits per heavy atom. The van der Waals surface area contributed by atoms with E-state index < -0.39 is 0 Å². The van der Waals surface area contributed by atoms with E-state index >= 15 is 0 Å². The van der Waals surface area contributed by atoms with E-state index in [1.165, 1.54) is 11.5 Å². The Kier molecular flexibility index (Phi) is 4.19. The molecule has 106 valence electrons. The Morgan fingerprint density at radius 3 is 2.48 bits per heavy atom. The molecular weight excluding hydrogens is 327 g/mol. The lowest BCUT2D eigenvalue weighted by Crippen LogP contribution is -2.06. The Hall–Kier alpha value is -1.49. The summed E-state index contributed by atoms with van der Waals surface area (Å²) >= 11 is 13.2. The minimum Gasteiger partial charge on any atom is -0.299 e. The molecule has 0 atom stereocenters. The largest absolute Gasteiger partial charge is 0.299 e. The van der Waals surface area contributed by atoms with Crippen molar-refractivity contribution in [3.8, 4) is 0 Å². The number of benzene rings is 2. The van der Waals surface area contributed by atoms with Crippen LogP contribution in [0.3, 0.4) is 0 Å². The van der Waals surface area contributed by atoms with Crippen molar-refractivity contribution in [2.24, 2.45) is 0 Å². The highest BCUT2D eigenvalue weighted by atomic mass is 35.5. The molecule has 0 aliphatic rings. The molecule has 6 heteroatoms. The number of fused-ring (bicyclic) bond motifs is 1. The zero-order valence-corrected chi connectivity index (χ0v) is 13.2. The highest BCUT2D eigenvalue weighted by molar-refractivity contribution is 7.12. The van der Waals surface area contributed by atoms with Crippen LogP contribution in [0.15, 0.2) is 36.4 Å². The summed E-state index contributed by atoms with van der Waals surface area (Å²) in [5.74, 6) is 0.130. The molecule has 1 aromatic heterocycles. The summed E-state index contributed by atoms with van der Waals surface area (Å²) in [6.45, 7) is 0. The van der Waals surface area contributed by atoms with E-state index in [0.29, 0.717) is 22.9 Å². The molecule has 3 aromatic rings. The van der Waals surface area contributed by atoms with Gasteiger partial charge in [-0.25, -0.2) is 0 Å². The van der Waals surface area contributed by atoms with Gasteiger partial charge in [0.15, 0.2) is 0 Å². The topological polar surface area (TPSA) is 42.9 Å². The van der Waals surface area contributed by atoms with Gasteiger partial charge in [-0.1, -0.05) is 39.8 Å². The molecule has 0 aliphatic heterocycles. The molecule has 0 spiro atoms. The van der Waals surface area contributed by atoms with Crippen molar-refractivity contribution >= 4 is 50.7 Å². The minimum absolute atomic E-state index is 0.130. The highest BCUT2D eigenvalue weighted by Gasteiger charge is 2.08. The Morgan fingerprint density at radius 1 is 1.00 bits per heavy atom. The first-order valence-electron chi connectivity index (χ1n) is 6.28. The van der Waals surface area contributed by atoms with Crippen molar-refractivity contribution in [3.05, 3.63) is 57.6 Å². The fourth-order valence-corrected chi connectivity index (χ4v) is 3.04. The van der Waals surface area contributed by atoms with E-state index in [1.807, 2.05) is 24.3 Å². The third-order valence-electron chi connectivity index (χ3n) is 3.10. The maximum Gasteiger partial charge on any atom is 0.141 e. The molecule has 2 aromatic carbocycles. The Balaban J connectivity index is 1.71. The summed E-state index contributed by atoms with van der Waals surface area (Å²) < 4.78 is 4.88. The number of Topliss-reactive ketones (excluding diaryl/α,β-unsaturated/α-hetero) is 1. The van der Waals surface area contributed by atoms with Gasteiger partial charge in [0.05, 0.1) is 14.7 Å². The number of carbonyl (C=O) groups excluding carboxylic acids is 1. The first-order valence-corrected chi connectivity index (χ1v) is 7.81. The lowest BCUT2D eigenvalue weighted by Gasteiger charge is -2.04. The summed E-state index contributed by atoms with van der Waals surface area (Å²) in [7, 11) is 0. The number of aromatic nitrogens is 2. The average Bonchev–Trinajstić information content (AvgIpc) is 2.90. The first kappa shape index (κ1) is 14.4. The smallest absolute Gasteiger partial charge is 0.141 e. The van der Waals surface area contributed by atoms with Crippen LogP contribution in [0.2, 0.25) is 10.0 Å². The third-order valence-corrected chi connectivity index (χ3v) is 4.52. The number of nitrogens with zero attached hydrogens (tertiary/aromatic N) is 2. The summed E-state index contributed by atoms with van der Waals surface area (Å²) in [5, 5.41) is 4.95. The highest BCUT2D eigenvalue weighted by Crippen LogP contribution is 2.23. The van der Waals surface area contributed by atoms with Crippen LogP contribution in [0.1, 0.15) is 11.1 Å². The molecule has 3 nitrogen and oxygen atoms in total. The maximum absolute atomic E-state index is 12.1. The molecule has 3 rings (SSSR count). The molecule has 0 radical (unpaired) electrons. The van der Waals surface area contributed by atoms with Gasteiger partial charge in [-0.2, -0.15) is 0 Å². The molecule has 0 fully saturated rings. The van der Waals surface area contributed by atoms with Crippen LogP contribution in [0.25, 0.3) is 10.2 Å². The second-order valence-electron chi connectivity index (χ2n) is 4.72. The van der Waals surface area contributed by atoms with Gasteiger partial charge in [0.1, 0.15) is 11.3 Å². The SMILES string of the molecule is O=C(Cc1ccc(Cl)c(Cl)c1)Cc1ccc2nnsc2c1. The molecule has 0 N–H and O–H groups in total. The van der Waals surface area contributed by atoms with E-state index in [4.69, 9.17) is 23.2 Å². The monoisotopic (exact) mass is 336 g/mol. The fraction of sp³-hybridized carbons (Fsp3) is 0.133. The molecule has 0 bridgehead atoms. The summed E-state index contributed by atoms with van der Waals surface area (Å²) in [4.78, 5) is 12.1. The standard InChI is InChI=1S/C15H10Cl2N2OS/c16-12-3-1-9(7-13(12)17)5-11(20)6-10-2-4-14-15(8-10)21-19-18-14/h1-4,7-8H,5-6H2. The molecule has 0 amide bonds. The van der Waals surface area contributed by atoms with Gasteiger partial charge in [-0.3, -0.25) is 4.79 Å². The minimum atomic E-state index is 0.130. The summed E-state index contributed by atoms with van der Waals surface area (Å²) in [6.07, 6.45) is 0.726. The zero-order chi connectivity index (χ0) is 14.8. The molecule has 0 saturated carbocycles. The lowest BCUT2D eigenvalue weighted by molar-refractivity contribution is -0.117. The number of carbonyl (C=O) groups is 1. The van der Waals surface area contributed by atoms with Gasteiger partial charge >= 0.3 is 0 Å². The van der Waals surface area contributed by atoms with E-state index in [0.717, 1.165) is 21.3 Å². The van der Waals surface area contributed by atoms with Crippen molar-refractivity contribution in [1.82, 2.24) is 9.59 Å². The predicted octanol–water partition coefficient (Wildman–Crippen LogP) is 4.35. The van der Waals surface area contributed by atoms with Gasteiger partial charge < -0.3 is 0 Å². The van der Waals surface area contributed by atoms with Crippen LogP contribution >= 0.6 is 34.7 Å². The van der Waals surface area contributed by atoms with Crippen LogP contribution in [0.4, 0.5) is 0 Å². The summed E-state index contributed by atoms with van der Waals surface area (Å²) in [5.41, 5.74) is 2.70. The van der Waals surface area contributed by atoms with Gasteiger partial charge in [-0.05, 0) is 46.9 Å². The number of hydrogen-bond acceptors (Lipinski definition) is 4. The first-order chi connectivity index (χ1) is 10.1. The van der Waals surface area contributed by atoms with E-state index in [2.05, 4.69) is 9.59 Å². The van der Waals surface area contributed by atoms with Crippen LogP contribution in [0.5, 0.6) is 0 Å². The second kappa shape index (κ2) is 6.10. The van der Waals surface area contributed by atoms with E-state index in [9.17, 15) is 4.79 Å². The third kappa shape index (κ3) is 3.40. The molecule has 0 aliphatic carbocycles. The average molecular weight is 337 g/mol. The maximum atomic E-state index is 12.1.